The molecule has 0 saturated carbocycles. The van der Waals surface area contributed by atoms with Gasteiger partial charge in [-0.1, -0.05) is 18.2 Å². The summed E-state index contributed by atoms with van der Waals surface area (Å²) >= 11 is 3.35. The number of nitrogens with one attached hydrogen (secondary N) is 1. The van der Waals surface area contributed by atoms with Crippen LogP contribution in [-0.4, -0.2) is 30.9 Å². The van der Waals surface area contributed by atoms with Crippen LogP contribution in [0.4, 0.5) is 15.8 Å². The van der Waals surface area contributed by atoms with Gasteiger partial charge in [-0.25, -0.2) is 4.39 Å². The van der Waals surface area contributed by atoms with Crippen molar-refractivity contribution in [3.63, 3.8) is 0 Å². The molecule has 1 aliphatic heterocycles. The van der Waals surface area contributed by atoms with Crippen LogP contribution in [0.3, 0.4) is 0 Å². The summed E-state index contributed by atoms with van der Waals surface area (Å²) in [6.07, 6.45) is -0.0850. The maximum atomic E-state index is 13.9. The molecule has 1 saturated heterocycles. The van der Waals surface area contributed by atoms with Crippen LogP contribution < -0.4 is 10.2 Å². The predicted molar refractivity (Wildman–Crippen MR) is 105 cm³/mol. The fourth-order valence-corrected chi connectivity index (χ4v) is 3.52. The first-order valence-electron chi connectivity index (χ1n) is 8.62. The molecule has 146 valence electrons. The van der Waals surface area contributed by atoms with Crippen molar-refractivity contribution in [2.75, 3.05) is 23.4 Å². The zero-order chi connectivity index (χ0) is 20.3. The molecule has 8 heteroatoms. The van der Waals surface area contributed by atoms with Gasteiger partial charge < -0.3 is 15.0 Å². The molecule has 2 amide bonds. The van der Waals surface area contributed by atoms with Crippen LogP contribution >= 0.6 is 15.9 Å². The maximum absolute atomic E-state index is 13.9. The Labute approximate surface area is 169 Å². The molecule has 0 radical (unpaired) electrons. The van der Waals surface area contributed by atoms with Crippen molar-refractivity contribution in [3.8, 4) is 0 Å². The van der Waals surface area contributed by atoms with E-state index in [9.17, 15) is 18.8 Å². The smallest absolute Gasteiger partial charge is 0.311 e. The van der Waals surface area contributed by atoms with Crippen LogP contribution in [-0.2, 0) is 19.1 Å². The summed E-state index contributed by atoms with van der Waals surface area (Å²) in [6, 6.07) is 11.3. The lowest BCUT2D eigenvalue weighted by atomic mass is 10.1. The maximum Gasteiger partial charge on any atom is 0.311 e. The number of rotatable bonds is 5. The molecule has 0 aromatic heterocycles. The van der Waals surface area contributed by atoms with E-state index in [0.29, 0.717) is 10.2 Å². The van der Waals surface area contributed by atoms with Crippen LogP contribution in [0.5, 0.6) is 0 Å². The molecule has 2 aromatic rings. The quantitative estimate of drug-likeness (QED) is 0.710. The third-order valence-electron chi connectivity index (χ3n) is 4.35. The van der Waals surface area contributed by atoms with Gasteiger partial charge >= 0.3 is 5.97 Å². The number of carbonyl (C=O) groups is 3. The molecule has 3 rings (SSSR count). The molecule has 28 heavy (non-hydrogen) atoms. The van der Waals surface area contributed by atoms with Crippen molar-refractivity contribution in [1.29, 1.82) is 0 Å². The number of ether oxygens (including phenoxy) is 1. The van der Waals surface area contributed by atoms with Crippen LogP contribution in [0.25, 0.3) is 0 Å². The molecular weight excluding hydrogens is 431 g/mol. The minimum Gasteiger partial charge on any atom is -0.455 e. The summed E-state index contributed by atoms with van der Waals surface area (Å²) in [5, 5.41) is 2.64. The number of amides is 2. The fourth-order valence-electron chi connectivity index (χ4n) is 2.93. The number of anilines is 2. The van der Waals surface area contributed by atoms with E-state index in [4.69, 9.17) is 4.74 Å². The Morgan fingerprint density at radius 2 is 2.04 bits per heavy atom. The van der Waals surface area contributed by atoms with Gasteiger partial charge in [-0.15, -0.1) is 0 Å². The Hall–Kier alpha value is -2.74. The minimum absolute atomic E-state index is 0.0176. The number of esters is 1. The van der Waals surface area contributed by atoms with E-state index < -0.39 is 30.2 Å². The second kappa shape index (κ2) is 8.52. The molecule has 0 unspecified atom stereocenters. The summed E-state index contributed by atoms with van der Waals surface area (Å²) in [7, 11) is 0. The third kappa shape index (κ3) is 4.56. The monoisotopic (exact) mass is 448 g/mol. The first-order chi connectivity index (χ1) is 13.3. The highest BCUT2D eigenvalue weighted by atomic mass is 79.9. The van der Waals surface area contributed by atoms with Crippen molar-refractivity contribution >= 4 is 45.1 Å². The van der Waals surface area contributed by atoms with Crippen molar-refractivity contribution < 1.29 is 23.5 Å². The highest BCUT2D eigenvalue weighted by Gasteiger charge is 2.37. The average Bonchev–Trinajstić information content (AvgIpc) is 3.04. The van der Waals surface area contributed by atoms with Gasteiger partial charge in [0.15, 0.2) is 6.61 Å². The van der Waals surface area contributed by atoms with Crippen LogP contribution in [0.1, 0.15) is 12.0 Å². The first-order valence-corrected chi connectivity index (χ1v) is 9.42. The normalized spacial score (nSPS) is 16.2. The zero-order valence-corrected chi connectivity index (χ0v) is 16.7. The molecule has 6 nitrogen and oxygen atoms in total. The molecule has 1 aliphatic rings. The van der Waals surface area contributed by atoms with Gasteiger partial charge in [0.2, 0.25) is 5.91 Å². The van der Waals surface area contributed by atoms with Gasteiger partial charge in [0.05, 0.1) is 17.3 Å². The molecule has 1 heterocycles. The van der Waals surface area contributed by atoms with Crippen molar-refractivity contribution in [1.82, 2.24) is 0 Å². The Morgan fingerprint density at radius 1 is 1.29 bits per heavy atom. The lowest BCUT2D eigenvalue weighted by Gasteiger charge is -2.17. The lowest BCUT2D eigenvalue weighted by Crippen LogP contribution is -2.28. The molecule has 0 bridgehead atoms. The number of halogens is 2. The number of hydrogen-bond donors (Lipinski definition) is 1. The Morgan fingerprint density at radius 3 is 2.75 bits per heavy atom. The van der Waals surface area contributed by atoms with Crippen LogP contribution in [0.2, 0.25) is 0 Å². The second-order valence-electron chi connectivity index (χ2n) is 6.50. The van der Waals surface area contributed by atoms with Gasteiger partial charge in [0.25, 0.3) is 5.91 Å². The Bertz CT molecular complexity index is 934. The number of carbonyl (C=O) groups excluding carboxylic acids is 3. The summed E-state index contributed by atoms with van der Waals surface area (Å²) in [5.41, 5.74) is 1.72. The van der Waals surface area contributed by atoms with Gasteiger partial charge in [0.1, 0.15) is 5.82 Å². The Kier molecular flexibility index (Phi) is 6.08. The molecule has 1 fully saturated rings. The van der Waals surface area contributed by atoms with Crippen LogP contribution in [0, 0.1) is 18.7 Å². The number of benzene rings is 2. The SMILES string of the molecule is Cc1ccc(NC(=O)COC(=O)[C@@H]2CC(=O)N(c3ccccc3F)C2)c(Br)c1. The minimum atomic E-state index is -0.744. The summed E-state index contributed by atoms with van der Waals surface area (Å²) in [6.45, 7) is 1.47. The lowest BCUT2D eigenvalue weighted by molar-refractivity contribution is -0.151. The topological polar surface area (TPSA) is 75.7 Å². The number of para-hydroxylation sites is 1. The van der Waals surface area contributed by atoms with E-state index in [1.54, 1.807) is 12.1 Å². The summed E-state index contributed by atoms with van der Waals surface area (Å²) in [5.74, 6) is -2.79. The van der Waals surface area contributed by atoms with Crippen molar-refractivity contribution in [3.05, 3.63) is 58.3 Å². The van der Waals surface area contributed by atoms with E-state index in [1.807, 2.05) is 19.1 Å². The zero-order valence-electron chi connectivity index (χ0n) is 15.1. The highest BCUT2D eigenvalue weighted by Crippen LogP contribution is 2.28. The largest absolute Gasteiger partial charge is 0.455 e. The predicted octanol–water partition coefficient (Wildman–Crippen LogP) is 3.43. The van der Waals surface area contributed by atoms with Gasteiger partial charge in [-0.2, -0.15) is 0 Å². The summed E-state index contributed by atoms with van der Waals surface area (Å²) < 4.78 is 19.7. The van der Waals surface area contributed by atoms with E-state index in [1.165, 1.54) is 23.1 Å². The fraction of sp³-hybridized carbons (Fsp3) is 0.250. The second-order valence-corrected chi connectivity index (χ2v) is 7.35. The van der Waals surface area contributed by atoms with Gasteiger partial charge in [0, 0.05) is 17.4 Å². The van der Waals surface area contributed by atoms with Gasteiger partial charge in [-0.3, -0.25) is 14.4 Å². The van der Waals surface area contributed by atoms with Crippen molar-refractivity contribution in [2.45, 2.75) is 13.3 Å². The Balaban J connectivity index is 1.54. The molecule has 2 aromatic carbocycles. The molecule has 0 aliphatic carbocycles. The molecule has 0 spiro atoms. The van der Waals surface area contributed by atoms with E-state index in [0.717, 1.165) is 5.56 Å². The average molecular weight is 449 g/mol. The van der Waals surface area contributed by atoms with Crippen LogP contribution in [0.15, 0.2) is 46.9 Å². The number of nitrogens with zero attached hydrogens (tertiary/aromatic N) is 1. The van der Waals surface area contributed by atoms with Gasteiger partial charge in [-0.05, 0) is 52.7 Å². The third-order valence-corrected chi connectivity index (χ3v) is 5.00. The molecule has 1 N–H and O–H groups in total. The number of hydrogen-bond acceptors (Lipinski definition) is 4. The molecule has 1 atom stereocenters. The first kappa shape index (κ1) is 20.0. The van der Waals surface area contributed by atoms with Crippen molar-refractivity contribution in [2.24, 2.45) is 5.92 Å². The standard InChI is InChI=1S/C20H18BrFN2O4/c1-12-6-7-16(14(21)8-12)23-18(25)11-28-20(27)13-9-19(26)24(10-13)17-5-3-2-4-15(17)22/h2-8,13H,9-11H2,1H3,(H,23,25)/t13-/m1/s1. The van der Waals surface area contributed by atoms with E-state index in [-0.39, 0.29) is 24.6 Å². The van der Waals surface area contributed by atoms with E-state index >= 15 is 0 Å². The summed E-state index contributed by atoms with van der Waals surface area (Å²) in [4.78, 5) is 37.6. The number of aryl methyl sites for hydroxylation is 1. The van der Waals surface area contributed by atoms with E-state index in [2.05, 4.69) is 21.2 Å². The molecular formula is C20H18BrFN2O4. The highest BCUT2D eigenvalue weighted by molar-refractivity contribution is 9.10.